The van der Waals surface area contributed by atoms with Crippen LogP contribution in [-0.2, 0) is 0 Å². The van der Waals surface area contributed by atoms with Crippen molar-refractivity contribution in [1.82, 2.24) is 4.90 Å². The second-order valence-corrected chi connectivity index (χ2v) is 4.94. The molecule has 2 atom stereocenters. The van der Waals surface area contributed by atoms with Gasteiger partial charge in [-0.15, -0.1) is 0 Å². The van der Waals surface area contributed by atoms with Crippen molar-refractivity contribution in [2.24, 2.45) is 5.73 Å². The van der Waals surface area contributed by atoms with E-state index in [9.17, 15) is 0 Å². The molecule has 100 valence electrons. The smallest absolute Gasteiger partial charge is 0.160 e. The SMILES string of the molecule is COc1ccc(C2CN(C)CCC2N)cc1OC. The quantitative estimate of drug-likeness (QED) is 0.882. The molecular weight excluding hydrogens is 228 g/mol. The van der Waals surface area contributed by atoms with Gasteiger partial charge in [-0.3, -0.25) is 0 Å². The van der Waals surface area contributed by atoms with Crippen molar-refractivity contribution in [2.75, 3.05) is 34.4 Å². The zero-order valence-electron chi connectivity index (χ0n) is 11.3. The fourth-order valence-corrected chi connectivity index (χ4v) is 2.57. The summed E-state index contributed by atoms with van der Waals surface area (Å²) in [5.74, 6) is 1.90. The van der Waals surface area contributed by atoms with Crippen LogP contribution in [0.1, 0.15) is 17.9 Å². The van der Waals surface area contributed by atoms with Crippen LogP contribution in [0.15, 0.2) is 18.2 Å². The van der Waals surface area contributed by atoms with Crippen LogP contribution in [0.5, 0.6) is 11.5 Å². The second kappa shape index (κ2) is 5.59. The van der Waals surface area contributed by atoms with Crippen LogP contribution in [-0.4, -0.2) is 45.3 Å². The summed E-state index contributed by atoms with van der Waals surface area (Å²) in [5.41, 5.74) is 7.47. The lowest BCUT2D eigenvalue weighted by Gasteiger charge is -2.35. The Morgan fingerprint density at radius 3 is 2.61 bits per heavy atom. The van der Waals surface area contributed by atoms with E-state index in [1.165, 1.54) is 5.56 Å². The molecule has 1 aliphatic heterocycles. The maximum atomic E-state index is 6.24. The van der Waals surface area contributed by atoms with Gasteiger partial charge in [0.1, 0.15) is 0 Å². The molecule has 0 bridgehead atoms. The first-order valence-corrected chi connectivity index (χ1v) is 6.31. The Bertz CT molecular complexity index is 409. The molecule has 0 radical (unpaired) electrons. The zero-order chi connectivity index (χ0) is 13.1. The summed E-state index contributed by atoms with van der Waals surface area (Å²) in [6, 6.07) is 6.31. The minimum absolute atomic E-state index is 0.222. The highest BCUT2D eigenvalue weighted by atomic mass is 16.5. The first-order chi connectivity index (χ1) is 8.65. The minimum Gasteiger partial charge on any atom is -0.493 e. The molecular formula is C14H22N2O2. The number of hydrogen-bond acceptors (Lipinski definition) is 4. The molecule has 4 nitrogen and oxygen atoms in total. The number of likely N-dealkylation sites (tertiary alicyclic amines) is 1. The van der Waals surface area contributed by atoms with Gasteiger partial charge in [0, 0.05) is 18.5 Å². The molecule has 4 heteroatoms. The molecule has 0 saturated carbocycles. The van der Waals surface area contributed by atoms with E-state index >= 15 is 0 Å². The van der Waals surface area contributed by atoms with Gasteiger partial charge in [0.05, 0.1) is 14.2 Å². The Hall–Kier alpha value is -1.26. The predicted molar refractivity (Wildman–Crippen MR) is 72.4 cm³/mol. The topological polar surface area (TPSA) is 47.7 Å². The Balaban J connectivity index is 2.26. The fraction of sp³-hybridized carbons (Fsp3) is 0.571. The number of rotatable bonds is 3. The number of methoxy groups -OCH3 is 2. The molecule has 0 spiro atoms. The standard InChI is InChI=1S/C14H22N2O2/c1-16-7-6-12(15)11(9-16)10-4-5-13(17-2)14(8-10)18-3/h4-5,8,11-12H,6-7,9,15H2,1-3H3. The number of hydrogen-bond donors (Lipinski definition) is 1. The Morgan fingerprint density at radius 1 is 1.22 bits per heavy atom. The van der Waals surface area contributed by atoms with Crippen LogP contribution in [0.3, 0.4) is 0 Å². The summed E-state index contributed by atoms with van der Waals surface area (Å²) in [7, 11) is 5.45. The number of piperidine rings is 1. The fourth-order valence-electron chi connectivity index (χ4n) is 2.57. The lowest BCUT2D eigenvalue weighted by molar-refractivity contribution is 0.228. The van der Waals surface area contributed by atoms with Crippen LogP contribution in [0, 0.1) is 0 Å². The summed E-state index contributed by atoms with van der Waals surface area (Å²) in [4.78, 5) is 2.32. The molecule has 18 heavy (non-hydrogen) atoms. The van der Waals surface area contributed by atoms with Crippen molar-refractivity contribution in [3.63, 3.8) is 0 Å². The molecule has 1 aromatic rings. The van der Waals surface area contributed by atoms with Crippen molar-refractivity contribution in [3.8, 4) is 11.5 Å². The highest BCUT2D eigenvalue weighted by molar-refractivity contribution is 5.44. The van der Waals surface area contributed by atoms with Crippen LogP contribution < -0.4 is 15.2 Å². The number of nitrogens with zero attached hydrogens (tertiary/aromatic N) is 1. The third-order valence-corrected chi connectivity index (χ3v) is 3.71. The van der Waals surface area contributed by atoms with Crippen molar-refractivity contribution >= 4 is 0 Å². The number of ether oxygens (including phenoxy) is 2. The molecule has 1 saturated heterocycles. The van der Waals surface area contributed by atoms with Crippen LogP contribution in [0.4, 0.5) is 0 Å². The van der Waals surface area contributed by atoms with Gasteiger partial charge in [-0.05, 0) is 37.7 Å². The molecule has 1 aromatic carbocycles. The van der Waals surface area contributed by atoms with E-state index < -0.39 is 0 Å². The molecule has 0 aliphatic carbocycles. The van der Waals surface area contributed by atoms with Crippen molar-refractivity contribution in [2.45, 2.75) is 18.4 Å². The summed E-state index contributed by atoms with van der Waals surface area (Å²) in [6.45, 7) is 2.07. The number of benzene rings is 1. The van der Waals surface area contributed by atoms with Gasteiger partial charge in [0.15, 0.2) is 11.5 Å². The van der Waals surface area contributed by atoms with E-state index in [4.69, 9.17) is 15.2 Å². The van der Waals surface area contributed by atoms with Crippen molar-refractivity contribution in [3.05, 3.63) is 23.8 Å². The van der Waals surface area contributed by atoms with Gasteiger partial charge >= 0.3 is 0 Å². The van der Waals surface area contributed by atoms with Crippen molar-refractivity contribution in [1.29, 1.82) is 0 Å². The largest absolute Gasteiger partial charge is 0.493 e. The molecule has 2 N–H and O–H groups in total. The van der Waals surface area contributed by atoms with E-state index in [1.807, 2.05) is 12.1 Å². The monoisotopic (exact) mass is 250 g/mol. The van der Waals surface area contributed by atoms with Gasteiger partial charge in [0.25, 0.3) is 0 Å². The lowest BCUT2D eigenvalue weighted by atomic mass is 9.86. The molecule has 1 fully saturated rings. The summed E-state index contributed by atoms with van der Waals surface area (Å²) in [6.07, 6.45) is 1.04. The van der Waals surface area contributed by atoms with Crippen LogP contribution >= 0.6 is 0 Å². The first kappa shape index (κ1) is 13.2. The maximum Gasteiger partial charge on any atom is 0.160 e. The Kier molecular flexibility index (Phi) is 4.09. The van der Waals surface area contributed by atoms with E-state index in [0.717, 1.165) is 31.0 Å². The number of nitrogens with two attached hydrogens (primary N) is 1. The third-order valence-electron chi connectivity index (χ3n) is 3.71. The normalized spacial score (nSPS) is 24.9. The average molecular weight is 250 g/mol. The van der Waals surface area contributed by atoms with Gasteiger partial charge < -0.3 is 20.1 Å². The Labute approximate surface area is 109 Å². The molecule has 0 aromatic heterocycles. The molecule has 2 rings (SSSR count). The predicted octanol–water partition coefficient (Wildman–Crippen LogP) is 1.45. The first-order valence-electron chi connectivity index (χ1n) is 6.31. The minimum atomic E-state index is 0.222. The van der Waals surface area contributed by atoms with Gasteiger partial charge in [0.2, 0.25) is 0 Å². The molecule has 1 aliphatic rings. The average Bonchev–Trinajstić information content (AvgIpc) is 2.40. The highest BCUT2D eigenvalue weighted by Gasteiger charge is 2.26. The van der Waals surface area contributed by atoms with E-state index in [2.05, 4.69) is 18.0 Å². The van der Waals surface area contributed by atoms with Crippen LogP contribution in [0.2, 0.25) is 0 Å². The van der Waals surface area contributed by atoms with Gasteiger partial charge in [-0.1, -0.05) is 6.07 Å². The lowest BCUT2D eigenvalue weighted by Crippen LogP contribution is -2.43. The summed E-state index contributed by atoms with van der Waals surface area (Å²) >= 11 is 0. The van der Waals surface area contributed by atoms with E-state index in [0.29, 0.717) is 5.92 Å². The third kappa shape index (κ3) is 2.60. The maximum absolute atomic E-state index is 6.24. The second-order valence-electron chi connectivity index (χ2n) is 4.94. The highest BCUT2D eigenvalue weighted by Crippen LogP contribution is 2.33. The molecule has 0 amide bonds. The molecule has 1 heterocycles. The summed E-state index contributed by atoms with van der Waals surface area (Å²) < 4.78 is 10.6. The Morgan fingerprint density at radius 2 is 1.94 bits per heavy atom. The van der Waals surface area contributed by atoms with Crippen molar-refractivity contribution < 1.29 is 9.47 Å². The summed E-state index contributed by atoms with van der Waals surface area (Å²) in [5, 5.41) is 0. The van der Waals surface area contributed by atoms with Gasteiger partial charge in [-0.25, -0.2) is 0 Å². The van der Waals surface area contributed by atoms with Gasteiger partial charge in [-0.2, -0.15) is 0 Å². The zero-order valence-corrected chi connectivity index (χ0v) is 11.3. The number of likely N-dealkylation sites (N-methyl/N-ethyl adjacent to an activating group) is 1. The molecule has 2 unspecified atom stereocenters. The van der Waals surface area contributed by atoms with E-state index in [1.54, 1.807) is 14.2 Å². The van der Waals surface area contributed by atoms with E-state index in [-0.39, 0.29) is 6.04 Å². The van der Waals surface area contributed by atoms with Crippen LogP contribution in [0.25, 0.3) is 0 Å².